The molecular formula is C17H19BrFNO. The molecule has 0 radical (unpaired) electrons. The highest BCUT2D eigenvalue weighted by Crippen LogP contribution is 2.27. The average Bonchev–Trinajstić information content (AvgIpc) is 2.41. The van der Waals surface area contributed by atoms with Crippen LogP contribution in [0.2, 0.25) is 0 Å². The van der Waals surface area contributed by atoms with Gasteiger partial charge in [0.2, 0.25) is 0 Å². The van der Waals surface area contributed by atoms with Gasteiger partial charge in [-0.05, 0) is 56.7 Å². The van der Waals surface area contributed by atoms with Gasteiger partial charge in [-0.3, -0.25) is 0 Å². The fourth-order valence-corrected chi connectivity index (χ4v) is 2.07. The van der Waals surface area contributed by atoms with Gasteiger partial charge in [-0.2, -0.15) is 0 Å². The molecule has 0 aromatic heterocycles. The molecule has 2 aromatic carbocycles. The third-order valence-corrected chi connectivity index (χ3v) is 3.36. The van der Waals surface area contributed by atoms with Crippen molar-refractivity contribution in [3.8, 4) is 11.5 Å². The van der Waals surface area contributed by atoms with Crippen molar-refractivity contribution < 1.29 is 9.13 Å². The van der Waals surface area contributed by atoms with E-state index in [0.717, 1.165) is 16.6 Å². The molecular weight excluding hydrogens is 333 g/mol. The third kappa shape index (κ3) is 5.14. The molecule has 0 aliphatic carbocycles. The molecule has 0 fully saturated rings. The van der Waals surface area contributed by atoms with Crippen LogP contribution in [0, 0.1) is 5.82 Å². The zero-order valence-electron chi connectivity index (χ0n) is 12.4. The molecule has 2 rings (SSSR count). The first-order chi connectivity index (χ1) is 9.83. The lowest BCUT2D eigenvalue weighted by atomic mass is 10.1. The SMILES string of the molecule is CC(C)(C)NCc1ccc(Oc2cc(Br)ccc2F)cc1. The standard InChI is InChI=1S/C17H19BrFNO/c1-17(2,3)20-11-12-4-7-14(8-5-12)21-16-10-13(18)6-9-15(16)19/h4-10,20H,11H2,1-3H3. The molecule has 0 saturated carbocycles. The smallest absolute Gasteiger partial charge is 0.165 e. The van der Waals surface area contributed by atoms with Gasteiger partial charge in [-0.1, -0.05) is 28.1 Å². The number of halogens is 2. The molecule has 4 heteroatoms. The van der Waals surface area contributed by atoms with E-state index in [-0.39, 0.29) is 17.1 Å². The Bertz CT molecular complexity index is 605. The summed E-state index contributed by atoms with van der Waals surface area (Å²) >= 11 is 3.31. The van der Waals surface area contributed by atoms with Gasteiger partial charge in [-0.15, -0.1) is 0 Å². The summed E-state index contributed by atoms with van der Waals surface area (Å²) in [5.74, 6) is 0.452. The normalized spacial score (nSPS) is 11.5. The van der Waals surface area contributed by atoms with Gasteiger partial charge in [0.25, 0.3) is 0 Å². The zero-order valence-corrected chi connectivity index (χ0v) is 14.0. The first kappa shape index (κ1) is 16.0. The Labute approximate surface area is 133 Å². The maximum absolute atomic E-state index is 13.6. The fraction of sp³-hybridized carbons (Fsp3) is 0.294. The van der Waals surface area contributed by atoms with Crippen molar-refractivity contribution in [2.75, 3.05) is 0 Å². The second kappa shape index (κ2) is 6.58. The van der Waals surface area contributed by atoms with E-state index in [1.54, 1.807) is 12.1 Å². The molecule has 0 unspecified atom stereocenters. The van der Waals surface area contributed by atoms with Gasteiger partial charge in [0, 0.05) is 16.6 Å². The van der Waals surface area contributed by atoms with Gasteiger partial charge in [-0.25, -0.2) is 4.39 Å². The van der Waals surface area contributed by atoms with E-state index >= 15 is 0 Å². The molecule has 0 bridgehead atoms. The summed E-state index contributed by atoms with van der Waals surface area (Å²) in [6.07, 6.45) is 0. The summed E-state index contributed by atoms with van der Waals surface area (Å²) in [5.41, 5.74) is 1.24. The monoisotopic (exact) mass is 351 g/mol. The highest BCUT2D eigenvalue weighted by Gasteiger charge is 2.09. The maximum Gasteiger partial charge on any atom is 0.165 e. The van der Waals surface area contributed by atoms with E-state index in [1.165, 1.54) is 6.07 Å². The van der Waals surface area contributed by atoms with Crippen LogP contribution in [-0.4, -0.2) is 5.54 Å². The predicted molar refractivity (Wildman–Crippen MR) is 87.2 cm³/mol. The van der Waals surface area contributed by atoms with Crippen molar-refractivity contribution in [2.45, 2.75) is 32.9 Å². The van der Waals surface area contributed by atoms with Crippen LogP contribution in [0.1, 0.15) is 26.3 Å². The Morgan fingerprint density at radius 2 is 1.76 bits per heavy atom. The summed E-state index contributed by atoms with van der Waals surface area (Å²) in [4.78, 5) is 0. The van der Waals surface area contributed by atoms with Crippen LogP contribution >= 0.6 is 15.9 Å². The van der Waals surface area contributed by atoms with Crippen molar-refractivity contribution in [2.24, 2.45) is 0 Å². The molecule has 0 aliphatic heterocycles. The lowest BCUT2D eigenvalue weighted by Crippen LogP contribution is -2.34. The Morgan fingerprint density at radius 3 is 2.38 bits per heavy atom. The molecule has 0 atom stereocenters. The number of benzene rings is 2. The molecule has 2 nitrogen and oxygen atoms in total. The van der Waals surface area contributed by atoms with E-state index in [0.29, 0.717) is 5.75 Å². The summed E-state index contributed by atoms with van der Waals surface area (Å²) in [5, 5.41) is 3.42. The second-order valence-corrected chi connectivity index (χ2v) is 6.84. The number of nitrogens with one attached hydrogen (secondary N) is 1. The van der Waals surface area contributed by atoms with E-state index in [2.05, 4.69) is 42.0 Å². The molecule has 0 heterocycles. The predicted octanol–water partition coefficient (Wildman–Crippen LogP) is 5.27. The molecule has 0 spiro atoms. The largest absolute Gasteiger partial charge is 0.454 e. The van der Waals surface area contributed by atoms with Crippen LogP contribution < -0.4 is 10.1 Å². The molecule has 1 N–H and O–H groups in total. The summed E-state index contributed by atoms with van der Waals surface area (Å²) < 4.78 is 20.0. The fourth-order valence-electron chi connectivity index (χ4n) is 1.72. The van der Waals surface area contributed by atoms with Gasteiger partial charge in [0.05, 0.1) is 0 Å². The van der Waals surface area contributed by atoms with Crippen molar-refractivity contribution >= 4 is 15.9 Å². The summed E-state index contributed by atoms with van der Waals surface area (Å²) in [6, 6.07) is 12.3. The molecule has 2 aromatic rings. The topological polar surface area (TPSA) is 21.3 Å². The van der Waals surface area contributed by atoms with Crippen molar-refractivity contribution in [3.05, 3.63) is 58.3 Å². The molecule has 0 saturated heterocycles. The van der Waals surface area contributed by atoms with Crippen LogP contribution in [-0.2, 0) is 6.54 Å². The van der Waals surface area contributed by atoms with Gasteiger partial charge < -0.3 is 10.1 Å². The van der Waals surface area contributed by atoms with E-state index in [1.807, 2.05) is 24.3 Å². The minimum absolute atomic E-state index is 0.0780. The summed E-state index contributed by atoms with van der Waals surface area (Å²) in [7, 11) is 0. The molecule has 21 heavy (non-hydrogen) atoms. The zero-order chi connectivity index (χ0) is 15.5. The Kier molecular flexibility index (Phi) is 5.01. The van der Waals surface area contributed by atoms with E-state index in [4.69, 9.17) is 4.74 Å². The molecule has 0 amide bonds. The van der Waals surface area contributed by atoms with Crippen molar-refractivity contribution in [1.82, 2.24) is 5.32 Å². The highest BCUT2D eigenvalue weighted by molar-refractivity contribution is 9.10. The van der Waals surface area contributed by atoms with Crippen LogP contribution in [0.15, 0.2) is 46.9 Å². The van der Waals surface area contributed by atoms with Gasteiger partial charge in [0.1, 0.15) is 5.75 Å². The minimum atomic E-state index is -0.378. The van der Waals surface area contributed by atoms with Crippen LogP contribution in [0.4, 0.5) is 4.39 Å². The Balaban J connectivity index is 2.04. The first-order valence-electron chi connectivity index (χ1n) is 6.80. The summed E-state index contributed by atoms with van der Waals surface area (Å²) in [6.45, 7) is 7.16. The average molecular weight is 352 g/mol. The number of hydrogen-bond donors (Lipinski definition) is 1. The lowest BCUT2D eigenvalue weighted by Gasteiger charge is -2.20. The highest BCUT2D eigenvalue weighted by atomic mass is 79.9. The van der Waals surface area contributed by atoms with E-state index in [9.17, 15) is 4.39 Å². The number of ether oxygens (including phenoxy) is 1. The lowest BCUT2D eigenvalue weighted by molar-refractivity contribution is 0.423. The maximum atomic E-state index is 13.6. The minimum Gasteiger partial charge on any atom is -0.454 e. The van der Waals surface area contributed by atoms with Crippen molar-refractivity contribution in [3.63, 3.8) is 0 Å². The van der Waals surface area contributed by atoms with E-state index < -0.39 is 0 Å². The second-order valence-electron chi connectivity index (χ2n) is 5.92. The molecule has 112 valence electrons. The van der Waals surface area contributed by atoms with Crippen molar-refractivity contribution in [1.29, 1.82) is 0 Å². The Hall–Kier alpha value is -1.39. The van der Waals surface area contributed by atoms with Crippen LogP contribution in [0.5, 0.6) is 11.5 Å². The van der Waals surface area contributed by atoms with Gasteiger partial charge in [0.15, 0.2) is 11.6 Å². The third-order valence-electron chi connectivity index (χ3n) is 2.87. The van der Waals surface area contributed by atoms with Crippen LogP contribution in [0.25, 0.3) is 0 Å². The quantitative estimate of drug-likeness (QED) is 0.810. The van der Waals surface area contributed by atoms with Gasteiger partial charge >= 0.3 is 0 Å². The number of rotatable bonds is 4. The number of hydrogen-bond acceptors (Lipinski definition) is 2. The Morgan fingerprint density at radius 1 is 1.10 bits per heavy atom. The molecule has 0 aliphatic rings. The first-order valence-corrected chi connectivity index (χ1v) is 7.60. The van der Waals surface area contributed by atoms with Crippen LogP contribution in [0.3, 0.4) is 0 Å².